The number of aromatic amines is 1. The van der Waals surface area contributed by atoms with Crippen LogP contribution in [-0.2, 0) is 23.4 Å². The topological polar surface area (TPSA) is 192 Å². The second kappa shape index (κ2) is 11.5. The fraction of sp³-hybridized carbons (Fsp3) is 0.520. The highest BCUT2D eigenvalue weighted by Crippen LogP contribution is 2.48. The Morgan fingerprint density at radius 3 is 2.71 bits per heavy atom. The third-order valence-electron chi connectivity index (χ3n) is 6.27. The minimum Gasteiger partial charge on any atom is -0.464 e. The van der Waals surface area contributed by atoms with Crippen LogP contribution in [0.3, 0.4) is 0 Å². The fourth-order valence-electron chi connectivity index (χ4n) is 4.10. The van der Waals surface area contributed by atoms with Crippen molar-refractivity contribution in [2.45, 2.75) is 64.6 Å². The van der Waals surface area contributed by atoms with Gasteiger partial charge in [-0.2, -0.15) is 0 Å². The van der Waals surface area contributed by atoms with Crippen LogP contribution in [0.5, 0.6) is 5.75 Å². The summed E-state index contributed by atoms with van der Waals surface area (Å²) in [4.78, 5) is 30.6. The van der Waals surface area contributed by atoms with E-state index in [4.69, 9.17) is 24.3 Å². The number of alkyl halides is 1. The third-order valence-corrected chi connectivity index (χ3v) is 7.97. The van der Waals surface area contributed by atoms with Gasteiger partial charge in [-0.1, -0.05) is 18.2 Å². The number of imidazole rings is 1. The first-order valence-corrected chi connectivity index (χ1v) is 14.3. The number of hydrogen-bond donors (Lipinski definition) is 4. The van der Waals surface area contributed by atoms with Crippen LogP contribution in [0.1, 0.15) is 46.4 Å². The average molecular weight is 597 g/mol. The van der Waals surface area contributed by atoms with E-state index in [-0.39, 0.29) is 29.6 Å². The molecule has 3 aromatic rings. The molecule has 4 rings (SSSR count). The number of aliphatic hydroxyl groups is 1. The van der Waals surface area contributed by atoms with Crippen molar-refractivity contribution in [1.29, 1.82) is 0 Å². The third kappa shape index (κ3) is 6.76. The van der Waals surface area contributed by atoms with Gasteiger partial charge in [0.05, 0.1) is 23.9 Å². The number of anilines is 1. The summed E-state index contributed by atoms with van der Waals surface area (Å²) < 4.78 is 53.1. The predicted molar refractivity (Wildman–Crippen MR) is 145 cm³/mol. The SMILES string of the molecule is C[C@@H](COC(=O)C(C)(C)C)NP(=O)(OC[C@H]1O[C@@H](c2cnc3c(=O)[nH]c(N)nn23)[C@](C)(F)[C@@H]1O)Oc1ccccc1. The Labute approximate surface area is 234 Å². The van der Waals surface area contributed by atoms with Gasteiger partial charge < -0.3 is 24.8 Å². The highest BCUT2D eigenvalue weighted by Gasteiger charge is 2.56. The van der Waals surface area contributed by atoms with Gasteiger partial charge in [-0.25, -0.2) is 23.5 Å². The molecule has 1 fully saturated rings. The number of carbonyl (C=O) groups is 1. The van der Waals surface area contributed by atoms with E-state index < -0.39 is 61.3 Å². The number of para-hydroxylation sites is 1. The summed E-state index contributed by atoms with van der Waals surface area (Å²) in [5.41, 5.74) is 1.74. The number of halogens is 1. The number of fused-ring (bicyclic) bond motifs is 1. The molecule has 1 saturated heterocycles. The summed E-state index contributed by atoms with van der Waals surface area (Å²) in [5.74, 6) is -0.469. The molecule has 0 amide bonds. The summed E-state index contributed by atoms with van der Waals surface area (Å²) in [7, 11) is -4.20. The molecule has 1 aliphatic heterocycles. The quantitative estimate of drug-likeness (QED) is 0.197. The molecule has 14 nitrogen and oxygen atoms in total. The average Bonchev–Trinajstić information content (AvgIpc) is 3.39. The first-order chi connectivity index (χ1) is 19.1. The zero-order valence-electron chi connectivity index (χ0n) is 23.2. The number of rotatable bonds is 10. The van der Waals surface area contributed by atoms with Crippen molar-refractivity contribution in [2.75, 3.05) is 18.9 Å². The lowest BCUT2D eigenvalue weighted by Crippen LogP contribution is -2.40. The van der Waals surface area contributed by atoms with Crippen molar-refractivity contribution in [3.8, 4) is 5.75 Å². The smallest absolute Gasteiger partial charge is 0.459 e. The van der Waals surface area contributed by atoms with Gasteiger partial charge in [0, 0.05) is 6.04 Å². The summed E-state index contributed by atoms with van der Waals surface area (Å²) in [6.45, 7) is 7.13. The normalized spacial score (nSPS) is 25.1. The molecule has 2 aromatic heterocycles. The molecule has 1 aliphatic rings. The molecule has 41 heavy (non-hydrogen) atoms. The van der Waals surface area contributed by atoms with Gasteiger partial charge in [-0.05, 0) is 46.8 Å². The lowest BCUT2D eigenvalue weighted by Gasteiger charge is -2.26. The number of benzene rings is 1. The van der Waals surface area contributed by atoms with Gasteiger partial charge in [0.1, 0.15) is 30.7 Å². The summed E-state index contributed by atoms with van der Waals surface area (Å²) in [6, 6.07) is 7.50. The lowest BCUT2D eigenvalue weighted by molar-refractivity contribution is -0.153. The number of nitrogens with one attached hydrogen (secondary N) is 2. The Bertz CT molecular complexity index is 1490. The Hall–Kier alpha value is -3.36. The van der Waals surface area contributed by atoms with Crippen LogP contribution >= 0.6 is 7.75 Å². The first-order valence-electron chi connectivity index (χ1n) is 12.8. The minimum absolute atomic E-state index is 0.0282. The second-order valence-electron chi connectivity index (χ2n) is 11.0. The summed E-state index contributed by atoms with van der Waals surface area (Å²) >= 11 is 0. The Balaban J connectivity index is 1.52. The van der Waals surface area contributed by atoms with Crippen LogP contribution in [0, 0.1) is 5.41 Å². The molecular weight excluding hydrogens is 562 g/mol. The van der Waals surface area contributed by atoms with Gasteiger partial charge in [-0.15, -0.1) is 5.10 Å². The largest absolute Gasteiger partial charge is 0.464 e. The van der Waals surface area contributed by atoms with Gasteiger partial charge in [-0.3, -0.25) is 19.1 Å². The maximum atomic E-state index is 15.9. The number of hydrogen-bond acceptors (Lipinski definition) is 11. The van der Waals surface area contributed by atoms with E-state index in [1.807, 2.05) is 0 Å². The van der Waals surface area contributed by atoms with Crippen LogP contribution in [0.25, 0.3) is 5.65 Å². The summed E-state index contributed by atoms with van der Waals surface area (Å²) in [5, 5.41) is 17.5. The van der Waals surface area contributed by atoms with Crippen molar-refractivity contribution in [3.63, 3.8) is 0 Å². The molecule has 1 unspecified atom stereocenters. The van der Waals surface area contributed by atoms with Gasteiger partial charge in [0.15, 0.2) is 5.67 Å². The van der Waals surface area contributed by atoms with E-state index in [0.717, 1.165) is 11.4 Å². The molecule has 6 atom stereocenters. The molecule has 0 radical (unpaired) electrons. The van der Waals surface area contributed by atoms with Crippen molar-refractivity contribution in [3.05, 3.63) is 52.6 Å². The number of nitrogen functional groups attached to an aromatic ring is 1. The van der Waals surface area contributed by atoms with Crippen LogP contribution < -0.4 is 20.9 Å². The molecule has 16 heteroatoms. The van der Waals surface area contributed by atoms with Crippen LogP contribution in [0.4, 0.5) is 10.3 Å². The number of carbonyl (C=O) groups excluding carboxylic acids is 1. The fourth-order valence-corrected chi connectivity index (χ4v) is 5.64. The molecule has 3 heterocycles. The highest BCUT2D eigenvalue weighted by atomic mass is 31.2. The minimum atomic E-state index is -4.20. The van der Waals surface area contributed by atoms with Crippen LogP contribution in [-0.4, -0.2) is 67.8 Å². The van der Waals surface area contributed by atoms with Crippen LogP contribution in [0.15, 0.2) is 41.3 Å². The van der Waals surface area contributed by atoms with Gasteiger partial charge in [0.2, 0.25) is 11.6 Å². The zero-order valence-corrected chi connectivity index (χ0v) is 24.1. The van der Waals surface area contributed by atoms with E-state index in [0.29, 0.717) is 0 Å². The molecule has 0 saturated carbocycles. The number of H-pyrrole nitrogens is 1. The van der Waals surface area contributed by atoms with E-state index in [1.54, 1.807) is 58.0 Å². The van der Waals surface area contributed by atoms with E-state index in [1.165, 1.54) is 6.20 Å². The molecular formula is C25H34FN6O8P. The number of aliphatic hydroxyl groups excluding tert-OH is 1. The van der Waals surface area contributed by atoms with Crippen molar-refractivity contribution >= 4 is 25.3 Å². The van der Waals surface area contributed by atoms with Crippen molar-refractivity contribution in [1.82, 2.24) is 24.7 Å². The summed E-state index contributed by atoms with van der Waals surface area (Å²) in [6.07, 6.45) is -3.30. The standard InChI is InChI=1S/C25H34FN6O8P/c1-14(12-37-22(35)24(2,3)4)31-41(36,40-15-9-7-6-8-10-15)38-13-17-18(33)25(5,26)19(39-17)16-11-28-20-21(34)29-23(27)30-32(16)20/h6-11,14,17-19,33H,12-13H2,1-5H3,(H,31,36)(H3,27,29,30,34)/t14-,17+,18+,19-,25+,41?/m0/s1. The molecule has 0 spiro atoms. The molecule has 224 valence electrons. The Morgan fingerprint density at radius 1 is 1.37 bits per heavy atom. The van der Waals surface area contributed by atoms with Gasteiger partial charge in [0.25, 0.3) is 5.56 Å². The van der Waals surface area contributed by atoms with Crippen molar-refractivity contribution in [2.24, 2.45) is 5.41 Å². The zero-order chi connectivity index (χ0) is 30.2. The van der Waals surface area contributed by atoms with E-state index >= 15 is 4.39 Å². The number of aromatic nitrogens is 4. The first kappa shape index (κ1) is 30.6. The Kier molecular flexibility index (Phi) is 8.58. The highest BCUT2D eigenvalue weighted by molar-refractivity contribution is 7.52. The molecule has 0 aliphatic carbocycles. The number of nitrogens with zero attached hydrogens (tertiary/aromatic N) is 3. The Morgan fingerprint density at radius 2 is 2.05 bits per heavy atom. The number of ether oxygens (including phenoxy) is 2. The van der Waals surface area contributed by atoms with Crippen LogP contribution in [0.2, 0.25) is 0 Å². The van der Waals surface area contributed by atoms with Crippen molar-refractivity contribution < 1.29 is 37.4 Å². The molecule has 5 N–H and O–H groups in total. The van der Waals surface area contributed by atoms with E-state index in [9.17, 15) is 19.3 Å². The lowest BCUT2D eigenvalue weighted by atomic mass is 9.93. The molecule has 0 bridgehead atoms. The number of esters is 1. The number of nitrogens with two attached hydrogens (primary N) is 1. The molecule has 1 aromatic carbocycles. The maximum Gasteiger partial charge on any atom is 0.459 e. The van der Waals surface area contributed by atoms with Gasteiger partial charge >= 0.3 is 13.7 Å². The monoisotopic (exact) mass is 596 g/mol. The maximum absolute atomic E-state index is 15.9. The predicted octanol–water partition coefficient (Wildman–Crippen LogP) is 2.30. The second-order valence-corrected chi connectivity index (χ2v) is 12.7. The van der Waals surface area contributed by atoms with E-state index in [2.05, 4.69) is 20.2 Å².